The van der Waals surface area contributed by atoms with Crippen molar-refractivity contribution in [3.8, 4) is 0 Å². The number of hydrogen-bond acceptors (Lipinski definition) is 4. The first kappa shape index (κ1) is 15.3. The smallest absolute Gasteiger partial charge is 0.294 e. The van der Waals surface area contributed by atoms with Gasteiger partial charge in [-0.3, -0.25) is 9.59 Å². The molecule has 2 amide bonds. The Kier molecular flexibility index (Phi) is 4.41. The largest absolute Gasteiger partial charge is 0.351 e. The van der Waals surface area contributed by atoms with Gasteiger partial charge in [0.15, 0.2) is 0 Å². The number of aromatic nitrogens is 1. The van der Waals surface area contributed by atoms with E-state index in [0.29, 0.717) is 16.9 Å². The third-order valence-electron chi connectivity index (χ3n) is 3.96. The molecule has 23 heavy (non-hydrogen) atoms. The summed E-state index contributed by atoms with van der Waals surface area (Å²) < 4.78 is 4.94. The minimum Gasteiger partial charge on any atom is -0.351 e. The van der Waals surface area contributed by atoms with Crippen molar-refractivity contribution < 1.29 is 14.1 Å². The molecule has 0 saturated heterocycles. The number of aryl methyl sites for hydroxylation is 1. The topological polar surface area (TPSA) is 84.2 Å². The van der Waals surface area contributed by atoms with Crippen LogP contribution < -0.4 is 10.6 Å². The molecule has 1 heterocycles. The third kappa shape index (κ3) is 3.59. The van der Waals surface area contributed by atoms with Crippen molar-refractivity contribution in [2.24, 2.45) is 0 Å². The van der Waals surface area contributed by atoms with Crippen molar-refractivity contribution in [3.63, 3.8) is 0 Å². The van der Waals surface area contributed by atoms with Crippen molar-refractivity contribution in [1.82, 2.24) is 10.5 Å². The van der Waals surface area contributed by atoms with E-state index in [4.69, 9.17) is 4.52 Å². The van der Waals surface area contributed by atoms with E-state index in [-0.39, 0.29) is 17.7 Å². The van der Waals surface area contributed by atoms with Crippen LogP contribution in [0.15, 0.2) is 34.9 Å². The van der Waals surface area contributed by atoms with Gasteiger partial charge in [0.1, 0.15) is 0 Å². The molecule has 0 unspecified atom stereocenters. The van der Waals surface area contributed by atoms with Crippen LogP contribution in [0.25, 0.3) is 0 Å². The molecule has 6 nitrogen and oxygen atoms in total. The predicted octanol–water partition coefficient (Wildman–Crippen LogP) is 2.91. The number of hydrogen-bond donors (Lipinski definition) is 2. The highest BCUT2D eigenvalue weighted by Gasteiger charge is 2.21. The monoisotopic (exact) mass is 313 g/mol. The van der Waals surface area contributed by atoms with E-state index in [1.54, 1.807) is 37.3 Å². The molecule has 2 N–H and O–H groups in total. The molecule has 0 bridgehead atoms. The first-order valence-electron chi connectivity index (χ1n) is 7.78. The van der Waals surface area contributed by atoms with E-state index in [1.807, 2.05) is 0 Å². The number of rotatable bonds is 4. The van der Waals surface area contributed by atoms with Crippen LogP contribution in [-0.4, -0.2) is 23.0 Å². The summed E-state index contributed by atoms with van der Waals surface area (Å²) in [6.07, 6.45) is 4.32. The fraction of sp³-hybridized carbons (Fsp3) is 0.353. The Hall–Kier alpha value is -2.63. The van der Waals surface area contributed by atoms with E-state index >= 15 is 0 Å². The van der Waals surface area contributed by atoms with E-state index in [9.17, 15) is 9.59 Å². The molecule has 2 aromatic rings. The highest BCUT2D eigenvalue weighted by atomic mass is 16.5. The highest BCUT2D eigenvalue weighted by molar-refractivity contribution is 6.07. The molecular weight excluding hydrogens is 294 g/mol. The molecule has 6 heteroatoms. The maximum atomic E-state index is 12.4. The zero-order valence-corrected chi connectivity index (χ0v) is 13.0. The number of anilines is 1. The Bertz CT molecular complexity index is 717. The van der Waals surface area contributed by atoms with E-state index in [1.165, 1.54) is 0 Å². The highest BCUT2D eigenvalue weighted by Crippen LogP contribution is 2.20. The van der Waals surface area contributed by atoms with E-state index in [2.05, 4.69) is 15.8 Å². The molecule has 120 valence electrons. The van der Waals surface area contributed by atoms with Gasteiger partial charge in [-0.2, -0.15) is 0 Å². The molecule has 3 rings (SSSR count). The van der Waals surface area contributed by atoms with Crippen molar-refractivity contribution in [2.75, 3.05) is 5.32 Å². The van der Waals surface area contributed by atoms with Gasteiger partial charge in [0.05, 0.1) is 16.9 Å². The second-order valence-corrected chi connectivity index (χ2v) is 5.79. The number of amides is 2. The lowest BCUT2D eigenvalue weighted by Gasteiger charge is -2.14. The van der Waals surface area contributed by atoms with Gasteiger partial charge in [0.25, 0.3) is 11.8 Å². The van der Waals surface area contributed by atoms with Crippen molar-refractivity contribution in [3.05, 3.63) is 47.3 Å². The standard InChI is InChI=1S/C17H19N3O3/c1-11-10-15(23-20-11)17(22)19-14-9-5-4-8-13(14)16(21)18-12-6-2-3-7-12/h4-5,8-10,12H,2-3,6-7H2,1H3,(H,18,21)(H,19,22). The number of carbonyl (C=O) groups is 2. The molecular formula is C17H19N3O3. The van der Waals surface area contributed by atoms with Gasteiger partial charge in [-0.25, -0.2) is 0 Å². The Morgan fingerprint density at radius 1 is 1.17 bits per heavy atom. The maximum Gasteiger partial charge on any atom is 0.294 e. The molecule has 1 aliphatic carbocycles. The lowest BCUT2D eigenvalue weighted by molar-refractivity contribution is 0.0939. The Balaban J connectivity index is 1.74. The van der Waals surface area contributed by atoms with Crippen LogP contribution >= 0.6 is 0 Å². The number of nitrogens with one attached hydrogen (secondary N) is 2. The number of carbonyl (C=O) groups excluding carboxylic acids is 2. The SMILES string of the molecule is Cc1cc(C(=O)Nc2ccccc2C(=O)NC2CCCC2)on1. The van der Waals surface area contributed by atoms with Crippen molar-refractivity contribution in [2.45, 2.75) is 38.6 Å². The molecule has 1 aliphatic rings. The van der Waals surface area contributed by atoms with Gasteiger partial charge in [0, 0.05) is 12.1 Å². The zero-order valence-electron chi connectivity index (χ0n) is 13.0. The van der Waals surface area contributed by atoms with Crippen LogP contribution in [0.5, 0.6) is 0 Å². The van der Waals surface area contributed by atoms with Crippen LogP contribution in [0.3, 0.4) is 0 Å². The lowest BCUT2D eigenvalue weighted by atomic mass is 10.1. The fourth-order valence-electron chi connectivity index (χ4n) is 2.78. The average molecular weight is 313 g/mol. The average Bonchev–Trinajstić information content (AvgIpc) is 3.19. The summed E-state index contributed by atoms with van der Waals surface area (Å²) in [7, 11) is 0. The molecule has 1 aromatic carbocycles. The summed E-state index contributed by atoms with van der Waals surface area (Å²) in [5.74, 6) is -0.471. The van der Waals surface area contributed by atoms with E-state index in [0.717, 1.165) is 25.7 Å². The number of benzene rings is 1. The molecule has 0 spiro atoms. The van der Waals surface area contributed by atoms with Gasteiger partial charge in [0.2, 0.25) is 5.76 Å². The second kappa shape index (κ2) is 6.64. The van der Waals surface area contributed by atoms with Crippen LogP contribution in [0.1, 0.15) is 52.3 Å². The summed E-state index contributed by atoms with van der Waals surface area (Å²) in [5.41, 5.74) is 1.54. The first-order valence-corrected chi connectivity index (χ1v) is 7.78. The van der Waals surface area contributed by atoms with Crippen LogP contribution in [0.2, 0.25) is 0 Å². The van der Waals surface area contributed by atoms with Gasteiger partial charge in [-0.1, -0.05) is 30.1 Å². The molecule has 0 atom stereocenters. The Labute approximate surface area is 134 Å². The lowest BCUT2D eigenvalue weighted by Crippen LogP contribution is -2.33. The van der Waals surface area contributed by atoms with E-state index < -0.39 is 5.91 Å². The maximum absolute atomic E-state index is 12.4. The minimum absolute atomic E-state index is 0.119. The summed E-state index contributed by atoms with van der Waals surface area (Å²) >= 11 is 0. The molecule has 0 aliphatic heterocycles. The number of para-hydroxylation sites is 1. The normalized spacial score (nSPS) is 14.7. The van der Waals surface area contributed by atoms with Gasteiger partial charge >= 0.3 is 0 Å². The Morgan fingerprint density at radius 2 is 1.91 bits per heavy atom. The fourth-order valence-corrected chi connectivity index (χ4v) is 2.78. The summed E-state index contributed by atoms with van der Waals surface area (Å²) in [6.45, 7) is 1.74. The first-order chi connectivity index (χ1) is 11.1. The number of nitrogens with zero attached hydrogens (tertiary/aromatic N) is 1. The predicted molar refractivity (Wildman–Crippen MR) is 85.4 cm³/mol. The zero-order chi connectivity index (χ0) is 16.2. The molecule has 1 aromatic heterocycles. The van der Waals surface area contributed by atoms with Gasteiger partial charge in [-0.05, 0) is 31.9 Å². The molecule has 0 radical (unpaired) electrons. The van der Waals surface area contributed by atoms with Gasteiger partial charge < -0.3 is 15.2 Å². The Morgan fingerprint density at radius 3 is 2.61 bits per heavy atom. The third-order valence-corrected chi connectivity index (χ3v) is 3.96. The van der Waals surface area contributed by atoms with Gasteiger partial charge in [-0.15, -0.1) is 0 Å². The van der Waals surface area contributed by atoms with Crippen LogP contribution in [0, 0.1) is 6.92 Å². The molecule has 1 fully saturated rings. The molecule has 1 saturated carbocycles. The van der Waals surface area contributed by atoms with Crippen LogP contribution in [0.4, 0.5) is 5.69 Å². The summed E-state index contributed by atoms with van der Waals surface area (Å²) in [6, 6.07) is 8.72. The quantitative estimate of drug-likeness (QED) is 0.909. The van der Waals surface area contributed by atoms with Crippen molar-refractivity contribution in [1.29, 1.82) is 0 Å². The second-order valence-electron chi connectivity index (χ2n) is 5.79. The van der Waals surface area contributed by atoms with Crippen molar-refractivity contribution >= 4 is 17.5 Å². The summed E-state index contributed by atoms with van der Waals surface area (Å²) in [4.78, 5) is 24.6. The minimum atomic E-state index is -0.424. The summed E-state index contributed by atoms with van der Waals surface area (Å²) in [5, 5.41) is 9.43. The van der Waals surface area contributed by atoms with Crippen LogP contribution in [-0.2, 0) is 0 Å².